The van der Waals surface area contributed by atoms with Gasteiger partial charge in [-0.25, -0.2) is 0 Å². The number of carbonyl (C=O) groups excluding carboxylic acids is 2. The van der Waals surface area contributed by atoms with Crippen molar-refractivity contribution in [3.05, 3.63) is 249 Å². The number of allylic oxidation sites excluding steroid dienone is 6. The lowest BCUT2D eigenvalue weighted by Gasteiger charge is -2.30. The summed E-state index contributed by atoms with van der Waals surface area (Å²) in [6.07, 6.45) is 3.71. The van der Waals surface area contributed by atoms with Gasteiger partial charge in [0, 0.05) is 113 Å². The Labute approximate surface area is 533 Å². The summed E-state index contributed by atoms with van der Waals surface area (Å²) in [4.78, 5) is 49.5. The number of fused-ring (bicyclic) bond motifs is 11. The molecule has 0 atom stereocenters. The summed E-state index contributed by atoms with van der Waals surface area (Å²) in [5, 5.41) is 40.3. The molecule has 16 heteroatoms. The van der Waals surface area contributed by atoms with E-state index in [1.807, 2.05) is 151 Å². The minimum absolute atomic E-state index is 0.0763. The van der Waals surface area contributed by atoms with Gasteiger partial charge >= 0.3 is 0 Å². The molecular formula is C70H36N4O2S10. The SMILES string of the molecule is Cc1ccc(C2(c3ccc(C)s3)c3cc(-c4ccc(/C=C5\C(=O)c6ccccc6C5=C(C#N)C#N)s4)sc3-c3sc4c5c(sc4c32)-c2sc(-c3ccc(/C=C4\C(=O)c6ccccc6C4=C(C#N)C#N)s3)cc2C5(c2ccc(C)s2)c2ccc(C)s2)s1. The molecule has 0 saturated heterocycles. The van der Waals surface area contributed by atoms with Crippen LogP contribution in [0.15, 0.2) is 156 Å². The van der Waals surface area contributed by atoms with Gasteiger partial charge in [-0.2, -0.15) is 21.0 Å². The van der Waals surface area contributed by atoms with Crippen LogP contribution in [-0.2, 0) is 10.8 Å². The van der Waals surface area contributed by atoms with Gasteiger partial charge in [0.25, 0.3) is 0 Å². The van der Waals surface area contributed by atoms with E-state index in [-0.39, 0.29) is 22.7 Å². The number of benzene rings is 2. The molecule has 4 aliphatic carbocycles. The molecule has 0 aliphatic heterocycles. The standard InChI is InChI=1S/C70H36N4O2S10/c1-33-13-21-53(77-33)69(54-22-14-34(2)78-54)47-27-51(49-19-17-39(81-49)25-45-57(37(29-71)30-72)41-9-5-7-11-43(41)61(45)75)83-63(47)65-59(69)67-68(85-65)60-66(86-67)64-48(70(60,55-23-15-35(3)79-55)56-24-16-36(4)80-56)28-52(84-64)50-20-18-40(82-50)26-46-58(38(31-73)32-74)42-10-6-8-12-44(42)62(46)76/h5-28H,1-4H3/b45-25-,46-26-. The molecule has 10 heterocycles. The molecule has 10 aromatic heterocycles. The predicted octanol–water partition coefficient (Wildman–Crippen LogP) is 20.9. The van der Waals surface area contributed by atoms with Crippen LogP contribution in [0.3, 0.4) is 0 Å². The van der Waals surface area contributed by atoms with E-state index in [0.717, 1.165) is 29.3 Å². The van der Waals surface area contributed by atoms with E-state index in [0.29, 0.717) is 44.5 Å². The van der Waals surface area contributed by atoms with Crippen LogP contribution in [0.1, 0.15) is 103 Å². The first kappa shape index (κ1) is 53.4. The molecule has 0 saturated carbocycles. The normalized spacial score (nSPS) is 15.6. The van der Waals surface area contributed by atoms with Crippen LogP contribution in [0.5, 0.6) is 0 Å². The molecule has 86 heavy (non-hydrogen) atoms. The third-order valence-corrected chi connectivity index (χ3v) is 28.6. The number of hydrogen-bond donors (Lipinski definition) is 0. The van der Waals surface area contributed by atoms with Gasteiger partial charge in [-0.3, -0.25) is 9.59 Å². The smallest absolute Gasteiger partial charge is 0.194 e. The highest BCUT2D eigenvalue weighted by atomic mass is 32.1. The molecule has 2 aromatic carbocycles. The van der Waals surface area contributed by atoms with Crippen LogP contribution >= 0.6 is 113 Å². The fourth-order valence-electron chi connectivity index (χ4n) is 13.0. The molecule has 4 aliphatic rings. The van der Waals surface area contributed by atoms with Crippen LogP contribution in [0.2, 0.25) is 0 Å². The van der Waals surface area contributed by atoms with E-state index >= 15 is 0 Å². The van der Waals surface area contributed by atoms with Crippen LogP contribution in [0, 0.1) is 73.0 Å². The van der Waals surface area contributed by atoms with Crippen molar-refractivity contribution in [1.82, 2.24) is 0 Å². The Balaban J connectivity index is 0.894. The molecule has 408 valence electrons. The minimum atomic E-state index is -0.617. The number of nitrogens with zero attached hydrogens (tertiary/aromatic N) is 4. The lowest BCUT2D eigenvalue weighted by molar-refractivity contribution is 0.103. The molecular weight excluding hydrogens is 1250 g/mol. The molecule has 0 N–H and O–H groups in total. The van der Waals surface area contributed by atoms with Gasteiger partial charge in [0.1, 0.15) is 35.4 Å². The van der Waals surface area contributed by atoms with Gasteiger partial charge in [-0.05, 0) is 147 Å². The molecule has 16 rings (SSSR count). The van der Waals surface area contributed by atoms with Crippen LogP contribution in [-0.4, -0.2) is 11.6 Å². The van der Waals surface area contributed by atoms with Gasteiger partial charge in [0.15, 0.2) is 11.6 Å². The number of ketones is 2. The number of hydrogen-bond acceptors (Lipinski definition) is 16. The van der Waals surface area contributed by atoms with Crippen molar-refractivity contribution in [2.45, 2.75) is 38.5 Å². The van der Waals surface area contributed by atoms with Crippen molar-refractivity contribution in [3.8, 4) is 63.3 Å². The van der Waals surface area contributed by atoms with E-state index in [1.165, 1.54) is 90.2 Å². The first-order chi connectivity index (χ1) is 41.9. The fourth-order valence-corrected chi connectivity index (χ4v) is 25.4. The zero-order valence-electron chi connectivity index (χ0n) is 45.5. The highest BCUT2D eigenvalue weighted by Crippen LogP contribution is 2.72. The highest BCUT2D eigenvalue weighted by Gasteiger charge is 2.57. The maximum atomic E-state index is 14.0. The zero-order valence-corrected chi connectivity index (χ0v) is 53.7. The van der Waals surface area contributed by atoms with E-state index in [2.05, 4.69) is 125 Å². The largest absolute Gasteiger partial charge is 0.289 e. The lowest BCUT2D eigenvalue weighted by Crippen LogP contribution is -2.26. The summed E-state index contributed by atoms with van der Waals surface area (Å²) in [7, 11) is 0. The summed E-state index contributed by atoms with van der Waals surface area (Å²) in [6, 6.07) is 54.4. The van der Waals surface area contributed by atoms with E-state index in [4.69, 9.17) is 0 Å². The fraction of sp³-hybridized carbons (Fsp3) is 0.0857. The van der Waals surface area contributed by atoms with Gasteiger partial charge in [0.05, 0.1) is 39.7 Å². The molecule has 6 nitrogen and oxygen atoms in total. The first-order valence-electron chi connectivity index (χ1n) is 27.1. The van der Waals surface area contributed by atoms with E-state index in [1.54, 1.807) is 34.8 Å². The number of nitriles is 4. The van der Waals surface area contributed by atoms with Gasteiger partial charge in [-0.15, -0.1) is 113 Å². The predicted molar refractivity (Wildman–Crippen MR) is 361 cm³/mol. The van der Waals surface area contributed by atoms with Crippen molar-refractivity contribution in [2.75, 3.05) is 0 Å². The highest BCUT2D eigenvalue weighted by molar-refractivity contribution is 7.36. The van der Waals surface area contributed by atoms with Crippen LogP contribution in [0.4, 0.5) is 0 Å². The Hall–Kier alpha value is -8.04. The molecule has 0 fully saturated rings. The average Bonchev–Trinajstić information content (AvgIpc) is 1.50. The second-order valence-electron chi connectivity index (χ2n) is 21.3. The van der Waals surface area contributed by atoms with E-state index < -0.39 is 10.8 Å². The summed E-state index contributed by atoms with van der Waals surface area (Å²) < 4.78 is 2.64. The van der Waals surface area contributed by atoms with Crippen molar-refractivity contribution in [3.63, 3.8) is 0 Å². The quantitative estimate of drug-likeness (QED) is 0.110. The Kier molecular flexibility index (Phi) is 12.3. The molecule has 0 radical (unpaired) electrons. The third-order valence-electron chi connectivity index (χ3n) is 16.6. The summed E-state index contributed by atoms with van der Waals surface area (Å²) in [5.74, 6) is -0.381. The second-order valence-corrected chi connectivity index (χ2v) is 32.9. The summed E-state index contributed by atoms with van der Waals surface area (Å²) >= 11 is 18.3. The molecule has 0 unspecified atom stereocenters. The maximum absolute atomic E-state index is 14.0. The van der Waals surface area contributed by atoms with Gasteiger partial charge in [-0.1, -0.05) is 48.5 Å². The second kappa shape index (κ2) is 19.7. The Bertz CT molecular complexity index is 4920. The number of rotatable bonds is 8. The topological polar surface area (TPSA) is 129 Å². The minimum Gasteiger partial charge on any atom is -0.289 e. The van der Waals surface area contributed by atoms with Crippen molar-refractivity contribution >= 4 is 158 Å². The Morgan fingerprint density at radius 3 is 1.06 bits per heavy atom. The number of thiophene rings is 10. The summed E-state index contributed by atoms with van der Waals surface area (Å²) in [5.41, 5.74) is 7.60. The number of carbonyl (C=O) groups is 2. The molecule has 0 bridgehead atoms. The van der Waals surface area contributed by atoms with Crippen molar-refractivity contribution in [1.29, 1.82) is 21.0 Å². The van der Waals surface area contributed by atoms with Crippen molar-refractivity contribution < 1.29 is 9.59 Å². The van der Waals surface area contributed by atoms with Gasteiger partial charge < -0.3 is 0 Å². The zero-order chi connectivity index (χ0) is 58.7. The summed E-state index contributed by atoms with van der Waals surface area (Å²) in [6.45, 7) is 8.82. The van der Waals surface area contributed by atoms with Crippen LogP contribution < -0.4 is 0 Å². The number of Topliss-reactive ketones (excluding diaryl/α,β-unsaturated/α-hetero) is 2. The monoisotopic (exact) mass is 1280 g/mol. The Morgan fingerprint density at radius 2 is 0.733 bits per heavy atom. The maximum Gasteiger partial charge on any atom is 0.194 e. The lowest BCUT2D eigenvalue weighted by atomic mass is 9.75. The van der Waals surface area contributed by atoms with Crippen molar-refractivity contribution in [2.24, 2.45) is 0 Å². The first-order valence-corrected chi connectivity index (χ1v) is 35.2. The van der Waals surface area contributed by atoms with Gasteiger partial charge in [0.2, 0.25) is 0 Å². The third kappa shape index (κ3) is 7.41. The average molecular weight is 1290 g/mol. The Morgan fingerprint density at radius 1 is 0.384 bits per heavy atom. The van der Waals surface area contributed by atoms with E-state index in [9.17, 15) is 30.6 Å². The molecule has 0 amide bonds. The number of aryl methyl sites for hydroxylation is 4. The molecule has 0 spiro atoms. The molecule has 12 aromatic rings. The van der Waals surface area contributed by atoms with Crippen LogP contribution in [0.25, 0.3) is 71.7 Å².